The second-order valence-electron chi connectivity index (χ2n) is 6.89. The van der Waals surface area contributed by atoms with Crippen LogP contribution in [-0.4, -0.2) is 64.1 Å². The van der Waals surface area contributed by atoms with Crippen LogP contribution in [0.25, 0.3) is 0 Å². The van der Waals surface area contributed by atoms with Crippen molar-refractivity contribution in [3.8, 4) is 0 Å². The number of carbonyl (C=O) groups excluding carboxylic acids is 2. The number of carbonyl (C=O) groups is 2. The van der Waals surface area contributed by atoms with Crippen molar-refractivity contribution in [1.82, 2.24) is 15.3 Å². The fraction of sp³-hybridized carbons (Fsp3) is 0.632. The Morgan fingerprint density at radius 3 is 2.55 bits per heavy atom. The van der Waals surface area contributed by atoms with E-state index in [1.807, 2.05) is 17.9 Å². The number of hydrogen-bond donors (Lipinski definition) is 2. The van der Waals surface area contributed by atoms with Crippen molar-refractivity contribution >= 4 is 12.6 Å². The van der Waals surface area contributed by atoms with Crippen LogP contribution in [0, 0.1) is 6.92 Å². The van der Waals surface area contributed by atoms with Gasteiger partial charge in [-0.05, 0) is 62.6 Å². The van der Waals surface area contributed by atoms with Gasteiger partial charge in [-0.15, -0.1) is 0 Å². The maximum Gasteiger partial charge on any atom is 0.508 e. The summed E-state index contributed by atoms with van der Waals surface area (Å²) in [5.74, 6) is 0. The molecule has 2 rings (SSSR count). The van der Waals surface area contributed by atoms with E-state index >= 15 is 0 Å². The van der Waals surface area contributed by atoms with E-state index in [0.29, 0.717) is 38.3 Å². The highest BCUT2D eigenvalue weighted by atomic mass is 17.1. The normalized spacial score (nSPS) is 13.4. The molecule has 162 valence electrons. The number of hydrogen-bond acceptors (Lipinski definition) is 9. The second-order valence-corrected chi connectivity index (χ2v) is 6.89. The van der Waals surface area contributed by atoms with Crippen molar-refractivity contribution in [2.75, 3.05) is 19.8 Å². The van der Waals surface area contributed by atoms with Gasteiger partial charge in [0, 0.05) is 24.5 Å². The van der Waals surface area contributed by atoms with Crippen molar-refractivity contribution in [3.05, 3.63) is 29.1 Å². The molecule has 1 heterocycles. The zero-order valence-electron chi connectivity index (χ0n) is 16.7. The van der Waals surface area contributed by atoms with E-state index in [1.165, 1.54) is 0 Å². The van der Waals surface area contributed by atoms with Gasteiger partial charge in [0.25, 0.3) is 0 Å². The summed E-state index contributed by atoms with van der Waals surface area (Å²) < 4.78 is 9.96. The molecule has 0 unspecified atom stereocenters. The lowest BCUT2D eigenvalue weighted by Crippen LogP contribution is -2.24. The molecule has 0 spiro atoms. The van der Waals surface area contributed by atoms with Gasteiger partial charge in [0.15, 0.2) is 0 Å². The largest absolute Gasteiger partial charge is 0.508 e. The van der Waals surface area contributed by atoms with Crippen LogP contribution in [0.4, 0.5) is 4.79 Å². The van der Waals surface area contributed by atoms with E-state index in [9.17, 15) is 9.59 Å². The number of ether oxygens (including phenoxy) is 2. The minimum absolute atomic E-state index is 0.0993. The van der Waals surface area contributed by atoms with Crippen molar-refractivity contribution in [2.24, 2.45) is 0 Å². The fourth-order valence-electron chi connectivity index (χ4n) is 2.85. The molecule has 0 radical (unpaired) electrons. The highest BCUT2D eigenvalue weighted by molar-refractivity contribution is 5.59. The predicted octanol–water partition coefficient (Wildman–Crippen LogP) is 2.39. The summed E-state index contributed by atoms with van der Waals surface area (Å²) in [6.45, 7) is 3.08. The summed E-state index contributed by atoms with van der Waals surface area (Å²) in [6.07, 6.45) is 6.35. The monoisotopic (exact) mass is 411 g/mol. The van der Waals surface area contributed by atoms with Crippen LogP contribution in [0.15, 0.2) is 12.3 Å². The summed E-state index contributed by atoms with van der Waals surface area (Å²) in [7, 11) is 0. The molecule has 1 aliphatic carbocycles. The van der Waals surface area contributed by atoms with Gasteiger partial charge in [0.05, 0.1) is 25.2 Å². The maximum absolute atomic E-state index is 11.5. The Morgan fingerprint density at radius 1 is 1.21 bits per heavy atom. The molecule has 10 heteroatoms. The molecule has 1 aromatic rings. The molecule has 2 N–H and O–H groups in total. The van der Waals surface area contributed by atoms with Crippen molar-refractivity contribution in [3.63, 3.8) is 0 Å². The third-order valence-electron chi connectivity index (χ3n) is 4.67. The number of aryl methyl sites for hydroxylation is 1. The van der Waals surface area contributed by atoms with Gasteiger partial charge in [-0.3, -0.25) is 25.0 Å². The third kappa shape index (κ3) is 8.73. The van der Waals surface area contributed by atoms with Crippen molar-refractivity contribution < 1.29 is 34.3 Å². The molecule has 1 fully saturated rings. The lowest BCUT2D eigenvalue weighted by atomic mass is 10.0. The van der Waals surface area contributed by atoms with Gasteiger partial charge in [-0.2, -0.15) is 0 Å². The van der Waals surface area contributed by atoms with Crippen LogP contribution in [0.2, 0.25) is 0 Å². The highest BCUT2D eigenvalue weighted by Crippen LogP contribution is 2.27. The van der Waals surface area contributed by atoms with Crippen LogP contribution < -0.4 is 0 Å². The minimum Gasteiger partial charge on any atom is -0.434 e. The summed E-state index contributed by atoms with van der Waals surface area (Å²) in [5, 5.41) is 16.3. The molecule has 1 amide bonds. The number of nitrogens with zero attached hydrogens (tertiary/aromatic N) is 3. The van der Waals surface area contributed by atoms with E-state index in [0.717, 1.165) is 36.1 Å². The highest BCUT2D eigenvalue weighted by Gasteiger charge is 2.28. The molecule has 0 aromatic carbocycles. The Bertz CT molecular complexity index is 653. The summed E-state index contributed by atoms with van der Waals surface area (Å²) in [4.78, 5) is 33.4. The van der Waals surface area contributed by atoms with E-state index in [4.69, 9.17) is 19.9 Å². The van der Waals surface area contributed by atoms with Crippen LogP contribution in [0.1, 0.15) is 48.9 Å². The van der Waals surface area contributed by atoms with Crippen LogP contribution >= 0.6 is 0 Å². The number of rotatable bonds is 14. The average Bonchev–Trinajstić information content (AvgIpc) is 3.53. The minimum atomic E-state index is -0.735. The van der Waals surface area contributed by atoms with E-state index in [2.05, 4.69) is 9.82 Å². The number of pyridine rings is 1. The predicted molar refractivity (Wildman–Crippen MR) is 99.8 cm³/mol. The maximum atomic E-state index is 11.5. The molecular formula is C19H29N3O7. The van der Waals surface area contributed by atoms with Gasteiger partial charge in [-0.25, -0.2) is 4.79 Å². The zero-order valence-corrected chi connectivity index (χ0v) is 16.7. The summed E-state index contributed by atoms with van der Waals surface area (Å²) >= 11 is 0. The Hall–Kier alpha value is -2.27. The van der Waals surface area contributed by atoms with Crippen LogP contribution in [-0.2, 0) is 32.1 Å². The SMILES string of the molecule is Cc1c(CN(C=O)C2CC2)ccnc1CCCOC(=O)OCCCCON(O)O. The number of amides is 1. The van der Waals surface area contributed by atoms with Crippen molar-refractivity contribution in [1.29, 1.82) is 0 Å². The van der Waals surface area contributed by atoms with Gasteiger partial charge in [0.2, 0.25) is 6.41 Å². The smallest absolute Gasteiger partial charge is 0.434 e. The van der Waals surface area contributed by atoms with E-state index in [-0.39, 0.29) is 25.2 Å². The van der Waals surface area contributed by atoms with Gasteiger partial charge in [-0.1, -0.05) is 0 Å². The lowest BCUT2D eigenvalue weighted by molar-refractivity contribution is -0.492. The fourth-order valence-corrected chi connectivity index (χ4v) is 2.85. The quantitative estimate of drug-likeness (QED) is 0.206. The summed E-state index contributed by atoms with van der Waals surface area (Å²) in [5.41, 5.74) is 3.08. The molecular weight excluding hydrogens is 382 g/mol. The van der Waals surface area contributed by atoms with Crippen LogP contribution in [0.5, 0.6) is 0 Å². The lowest BCUT2D eigenvalue weighted by Gasteiger charge is -2.19. The van der Waals surface area contributed by atoms with E-state index in [1.54, 1.807) is 6.20 Å². The molecule has 1 saturated carbocycles. The molecule has 0 saturated heterocycles. The van der Waals surface area contributed by atoms with Gasteiger partial charge < -0.3 is 14.4 Å². The Kier molecular flexibility index (Phi) is 9.78. The van der Waals surface area contributed by atoms with Crippen molar-refractivity contribution in [2.45, 2.75) is 58.0 Å². The Morgan fingerprint density at radius 2 is 1.90 bits per heavy atom. The molecule has 1 aliphatic rings. The topological polar surface area (TPSA) is 122 Å². The average molecular weight is 411 g/mol. The van der Waals surface area contributed by atoms with Gasteiger partial charge in [0.1, 0.15) is 0 Å². The third-order valence-corrected chi connectivity index (χ3v) is 4.67. The molecule has 0 aliphatic heterocycles. The molecule has 10 nitrogen and oxygen atoms in total. The van der Waals surface area contributed by atoms with Gasteiger partial charge >= 0.3 is 6.16 Å². The first-order chi connectivity index (χ1) is 14.0. The first-order valence-corrected chi connectivity index (χ1v) is 9.76. The molecule has 29 heavy (non-hydrogen) atoms. The first kappa shape index (κ1) is 23.0. The number of unbranched alkanes of at least 4 members (excludes halogenated alkanes) is 1. The Labute approximate surface area is 169 Å². The van der Waals surface area contributed by atoms with Crippen LogP contribution in [0.3, 0.4) is 0 Å². The molecule has 0 atom stereocenters. The standard InChI is InChI=1S/C19H29N3O7/c1-15-16(13-21(14-23)17-6-7-17)8-9-20-18(15)5-4-11-28-19(24)27-10-2-3-12-29-22(25)26/h8-9,14,17,25-26H,2-7,10-13H2,1H3. The second kappa shape index (κ2) is 12.3. The summed E-state index contributed by atoms with van der Waals surface area (Å²) in [6, 6.07) is 2.31. The zero-order chi connectivity index (χ0) is 21.1. The molecule has 1 aromatic heterocycles. The number of aromatic nitrogens is 1. The Balaban J connectivity index is 1.62. The van der Waals surface area contributed by atoms with E-state index < -0.39 is 6.16 Å². The first-order valence-electron chi connectivity index (χ1n) is 9.76. The molecule has 0 bridgehead atoms.